The summed E-state index contributed by atoms with van der Waals surface area (Å²) in [5.41, 5.74) is 4.87. The van der Waals surface area contributed by atoms with E-state index in [-0.39, 0.29) is 5.75 Å². The van der Waals surface area contributed by atoms with Crippen molar-refractivity contribution in [2.75, 3.05) is 7.11 Å². The van der Waals surface area contributed by atoms with Gasteiger partial charge in [-0.2, -0.15) is 0 Å². The van der Waals surface area contributed by atoms with Crippen molar-refractivity contribution in [2.24, 2.45) is 5.73 Å². The van der Waals surface area contributed by atoms with E-state index in [4.69, 9.17) is 20.3 Å². The third kappa shape index (κ3) is 2.88. The number of carboxylic acid groups (broad SMARTS) is 1. The molecular weight excluding hydrogens is 214 g/mol. The first kappa shape index (κ1) is 11.8. The standard InChI is InChI=1S/C10H11NO5/c1-15-6-2-4-7(5-3-6)16-8(9(11)12)10(13)14/h2-5,8H,1H3,(H2,11,12)(H,13,14). The SMILES string of the molecule is COc1ccc(OC(C(N)=O)C(=O)O)cc1. The molecule has 16 heavy (non-hydrogen) atoms. The predicted molar refractivity (Wildman–Crippen MR) is 54.2 cm³/mol. The Morgan fingerprint density at radius 3 is 2.12 bits per heavy atom. The normalized spacial score (nSPS) is 11.6. The number of ether oxygens (including phenoxy) is 2. The Morgan fingerprint density at radius 1 is 1.25 bits per heavy atom. The van der Waals surface area contributed by atoms with E-state index in [2.05, 4.69) is 0 Å². The molecule has 1 aromatic rings. The van der Waals surface area contributed by atoms with Gasteiger partial charge in [0.2, 0.25) is 0 Å². The Kier molecular flexibility index (Phi) is 3.71. The minimum Gasteiger partial charge on any atom is -0.497 e. The Morgan fingerprint density at radius 2 is 1.75 bits per heavy atom. The van der Waals surface area contributed by atoms with Gasteiger partial charge in [-0.25, -0.2) is 4.79 Å². The first-order valence-electron chi connectivity index (χ1n) is 4.37. The Hall–Kier alpha value is -2.24. The second-order valence-corrected chi connectivity index (χ2v) is 2.91. The largest absolute Gasteiger partial charge is 0.497 e. The molecule has 0 saturated heterocycles. The Bertz CT molecular complexity index is 373. The molecule has 0 bridgehead atoms. The molecule has 0 fully saturated rings. The van der Waals surface area contributed by atoms with Gasteiger partial charge in [-0.05, 0) is 24.3 Å². The third-order valence-electron chi connectivity index (χ3n) is 1.80. The van der Waals surface area contributed by atoms with E-state index < -0.39 is 18.0 Å². The molecule has 0 saturated carbocycles. The molecule has 6 nitrogen and oxygen atoms in total. The zero-order chi connectivity index (χ0) is 12.1. The summed E-state index contributed by atoms with van der Waals surface area (Å²) in [6.45, 7) is 0. The number of carbonyl (C=O) groups excluding carboxylic acids is 1. The Balaban J connectivity index is 2.77. The summed E-state index contributed by atoms with van der Waals surface area (Å²) in [6, 6.07) is 6.12. The molecule has 1 amide bonds. The number of hydrogen-bond donors (Lipinski definition) is 2. The van der Waals surface area contributed by atoms with Crippen molar-refractivity contribution in [1.82, 2.24) is 0 Å². The van der Waals surface area contributed by atoms with Gasteiger partial charge in [-0.1, -0.05) is 0 Å². The molecule has 6 heteroatoms. The third-order valence-corrected chi connectivity index (χ3v) is 1.80. The first-order valence-corrected chi connectivity index (χ1v) is 4.37. The highest BCUT2D eigenvalue weighted by molar-refractivity contribution is 5.99. The molecule has 1 atom stereocenters. The van der Waals surface area contributed by atoms with Crippen LogP contribution in [0.4, 0.5) is 0 Å². The lowest BCUT2D eigenvalue weighted by atomic mass is 10.3. The molecule has 0 aliphatic rings. The van der Waals surface area contributed by atoms with Gasteiger partial charge in [0, 0.05) is 0 Å². The number of aliphatic carboxylic acids is 1. The van der Waals surface area contributed by atoms with Crippen LogP contribution < -0.4 is 15.2 Å². The van der Waals surface area contributed by atoms with Crippen LogP contribution >= 0.6 is 0 Å². The van der Waals surface area contributed by atoms with Crippen LogP contribution in [-0.2, 0) is 9.59 Å². The van der Waals surface area contributed by atoms with Gasteiger partial charge in [-0.15, -0.1) is 0 Å². The summed E-state index contributed by atoms with van der Waals surface area (Å²) in [5, 5.41) is 8.66. The van der Waals surface area contributed by atoms with Gasteiger partial charge in [-0.3, -0.25) is 4.79 Å². The number of rotatable bonds is 5. The van der Waals surface area contributed by atoms with Crippen LogP contribution in [0.3, 0.4) is 0 Å². The highest BCUT2D eigenvalue weighted by atomic mass is 16.5. The minimum absolute atomic E-state index is 0.229. The van der Waals surface area contributed by atoms with Crippen LogP contribution in [0.1, 0.15) is 0 Å². The fourth-order valence-electron chi connectivity index (χ4n) is 1.02. The van der Waals surface area contributed by atoms with Crippen molar-refractivity contribution in [2.45, 2.75) is 6.10 Å². The van der Waals surface area contributed by atoms with Gasteiger partial charge in [0.1, 0.15) is 11.5 Å². The smallest absolute Gasteiger partial charge is 0.354 e. The van der Waals surface area contributed by atoms with Crippen LogP contribution in [0.15, 0.2) is 24.3 Å². The quantitative estimate of drug-likeness (QED) is 0.688. The topological polar surface area (TPSA) is 98.9 Å². The van der Waals surface area contributed by atoms with E-state index in [1.54, 1.807) is 12.1 Å². The van der Waals surface area contributed by atoms with Crippen LogP contribution in [-0.4, -0.2) is 30.2 Å². The van der Waals surface area contributed by atoms with Crippen molar-refractivity contribution in [1.29, 1.82) is 0 Å². The maximum atomic E-state index is 10.8. The molecule has 1 rings (SSSR count). The fraction of sp³-hybridized carbons (Fsp3) is 0.200. The van der Waals surface area contributed by atoms with E-state index in [0.717, 1.165) is 0 Å². The highest BCUT2D eigenvalue weighted by Crippen LogP contribution is 2.18. The number of nitrogens with two attached hydrogens (primary N) is 1. The minimum atomic E-state index is -1.69. The number of methoxy groups -OCH3 is 1. The summed E-state index contributed by atoms with van der Waals surface area (Å²) in [6.07, 6.45) is -1.69. The van der Waals surface area contributed by atoms with Crippen molar-refractivity contribution in [3.05, 3.63) is 24.3 Å². The van der Waals surface area contributed by atoms with E-state index in [1.807, 2.05) is 0 Å². The number of hydrogen-bond acceptors (Lipinski definition) is 4. The van der Waals surface area contributed by atoms with Gasteiger partial charge in [0.05, 0.1) is 7.11 Å². The number of amides is 1. The summed E-state index contributed by atoms with van der Waals surface area (Å²) < 4.78 is 9.81. The second-order valence-electron chi connectivity index (χ2n) is 2.91. The van der Waals surface area contributed by atoms with Gasteiger partial charge in [0.25, 0.3) is 12.0 Å². The Labute approximate surface area is 91.6 Å². The highest BCUT2D eigenvalue weighted by Gasteiger charge is 2.25. The van der Waals surface area contributed by atoms with Crippen molar-refractivity contribution >= 4 is 11.9 Å². The maximum Gasteiger partial charge on any atom is 0.354 e. The van der Waals surface area contributed by atoms with E-state index in [1.165, 1.54) is 19.2 Å². The number of benzene rings is 1. The lowest BCUT2D eigenvalue weighted by molar-refractivity contribution is -0.149. The van der Waals surface area contributed by atoms with E-state index >= 15 is 0 Å². The summed E-state index contributed by atoms with van der Waals surface area (Å²) >= 11 is 0. The van der Waals surface area contributed by atoms with E-state index in [9.17, 15) is 9.59 Å². The lowest BCUT2D eigenvalue weighted by Crippen LogP contribution is -2.40. The van der Waals surface area contributed by atoms with Crippen molar-refractivity contribution in [3.8, 4) is 11.5 Å². The summed E-state index contributed by atoms with van der Waals surface area (Å²) in [7, 11) is 1.50. The lowest BCUT2D eigenvalue weighted by Gasteiger charge is -2.11. The van der Waals surface area contributed by atoms with Gasteiger partial charge in [0.15, 0.2) is 0 Å². The molecule has 0 heterocycles. The molecule has 1 aromatic carbocycles. The van der Waals surface area contributed by atoms with Gasteiger partial charge >= 0.3 is 5.97 Å². The maximum absolute atomic E-state index is 10.8. The average Bonchev–Trinajstić information content (AvgIpc) is 2.25. The molecule has 86 valence electrons. The molecule has 3 N–H and O–H groups in total. The van der Waals surface area contributed by atoms with E-state index in [0.29, 0.717) is 5.75 Å². The van der Waals surface area contributed by atoms with Crippen LogP contribution in [0.2, 0.25) is 0 Å². The molecule has 0 aliphatic carbocycles. The van der Waals surface area contributed by atoms with Crippen molar-refractivity contribution in [3.63, 3.8) is 0 Å². The second kappa shape index (κ2) is 5.01. The summed E-state index contributed by atoms with van der Waals surface area (Å²) in [4.78, 5) is 21.4. The number of primary amides is 1. The first-order chi connectivity index (χ1) is 7.54. The number of carboxylic acids is 1. The number of carbonyl (C=O) groups is 2. The predicted octanol–water partition coefficient (Wildman–Crippen LogP) is 0.0125. The van der Waals surface area contributed by atoms with Crippen LogP contribution in [0.25, 0.3) is 0 Å². The van der Waals surface area contributed by atoms with Gasteiger partial charge < -0.3 is 20.3 Å². The summed E-state index contributed by atoms with van der Waals surface area (Å²) in [5.74, 6) is -1.66. The monoisotopic (exact) mass is 225 g/mol. The van der Waals surface area contributed by atoms with Crippen molar-refractivity contribution < 1.29 is 24.2 Å². The molecule has 0 radical (unpaired) electrons. The molecule has 1 unspecified atom stereocenters. The zero-order valence-electron chi connectivity index (χ0n) is 8.54. The fourth-order valence-corrected chi connectivity index (χ4v) is 1.02. The molecule has 0 spiro atoms. The average molecular weight is 225 g/mol. The zero-order valence-corrected chi connectivity index (χ0v) is 8.54. The molecular formula is C10H11NO5. The van der Waals surface area contributed by atoms with Crippen LogP contribution in [0.5, 0.6) is 11.5 Å². The molecule has 0 aromatic heterocycles. The molecule has 0 aliphatic heterocycles. The van der Waals surface area contributed by atoms with Crippen LogP contribution in [0, 0.1) is 0 Å².